The van der Waals surface area contributed by atoms with Crippen molar-refractivity contribution in [3.8, 4) is 0 Å². The van der Waals surface area contributed by atoms with Gasteiger partial charge in [0.05, 0.1) is 6.10 Å². The number of hydrogen-bond acceptors (Lipinski definition) is 2. The van der Waals surface area contributed by atoms with Crippen LogP contribution in [0.15, 0.2) is 48.5 Å². The highest BCUT2D eigenvalue weighted by Crippen LogP contribution is 2.46. The molecule has 2 aromatic carbocycles. The van der Waals surface area contributed by atoms with E-state index in [1.54, 1.807) is 0 Å². The molecule has 2 nitrogen and oxygen atoms in total. The minimum Gasteiger partial charge on any atom is -0.388 e. The van der Waals surface area contributed by atoms with Crippen molar-refractivity contribution in [3.05, 3.63) is 70.2 Å². The maximum absolute atomic E-state index is 10.5. The van der Waals surface area contributed by atoms with Gasteiger partial charge in [0.2, 0.25) is 0 Å². The molecule has 1 aliphatic rings. The minimum absolute atomic E-state index is 0.175. The maximum Gasteiger partial charge on any atom is 0.0837 e. The standard InChI is InChI=1S/C19H22ClNO/c1-13-18(17-12-15(20)8-9-16(17)19(13)22)21(2)11-10-14-6-4-3-5-7-14/h3-9,12-13,18-19,22H,10-11H2,1-2H3. The van der Waals surface area contributed by atoms with Gasteiger partial charge in [-0.1, -0.05) is 54.9 Å². The van der Waals surface area contributed by atoms with Crippen molar-refractivity contribution in [1.82, 2.24) is 4.90 Å². The molecule has 22 heavy (non-hydrogen) atoms. The highest BCUT2D eigenvalue weighted by atomic mass is 35.5. The van der Waals surface area contributed by atoms with Crippen LogP contribution >= 0.6 is 11.6 Å². The van der Waals surface area contributed by atoms with E-state index in [0.29, 0.717) is 0 Å². The molecule has 0 saturated heterocycles. The van der Waals surface area contributed by atoms with Crippen LogP contribution in [0.5, 0.6) is 0 Å². The molecule has 3 rings (SSSR count). The van der Waals surface area contributed by atoms with E-state index < -0.39 is 6.10 Å². The molecular formula is C19H22ClNO. The van der Waals surface area contributed by atoms with Crippen LogP contribution in [-0.2, 0) is 6.42 Å². The third-order valence-corrected chi connectivity index (χ3v) is 4.99. The van der Waals surface area contributed by atoms with E-state index in [0.717, 1.165) is 23.6 Å². The summed E-state index contributed by atoms with van der Waals surface area (Å²) in [6, 6.07) is 16.6. The monoisotopic (exact) mass is 315 g/mol. The molecule has 3 atom stereocenters. The normalized spacial score (nSPS) is 23.8. The summed E-state index contributed by atoms with van der Waals surface area (Å²) in [5, 5.41) is 11.2. The van der Waals surface area contributed by atoms with Crippen molar-refractivity contribution in [2.45, 2.75) is 25.5 Å². The molecule has 0 amide bonds. The van der Waals surface area contributed by atoms with Crippen molar-refractivity contribution < 1.29 is 5.11 Å². The van der Waals surface area contributed by atoms with Crippen LogP contribution in [0, 0.1) is 5.92 Å². The Morgan fingerprint density at radius 2 is 1.82 bits per heavy atom. The van der Waals surface area contributed by atoms with Crippen LogP contribution in [0.25, 0.3) is 0 Å². The van der Waals surface area contributed by atoms with Gasteiger partial charge >= 0.3 is 0 Å². The van der Waals surface area contributed by atoms with Crippen LogP contribution < -0.4 is 0 Å². The first kappa shape index (κ1) is 15.5. The molecule has 0 aliphatic heterocycles. The van der Waals surface area contributed by atoms with Gasteiger partial charge in [-0.25, -0.2) is 0 Å². The van der Waals surface area contributed by atoms with Crippen molar-refractivity contribution in [2.24, 2.45) is 5.92 Å². The van der Waals surface area contributed by atoms with Crippen LogP contribution in [-0.4, -0.2) is 23.6 Å². The highest BCUT2D eigenvalue weighted by Gasteiger charge is 2.38. The number of aliphatic hydroxyl groups excluding tert-OH is 1. The van der Waals surface area contributed by atoms with E-state index in [-0.39, 0.29) is 12.0 Å². The Bertz CT molecular complexity index is 643. The fourth-order valence-corrected chi connectivity index (χ4v) is 3.72. The number of aliphatic hydroxyl groups is 1. The second-order valence-corrected chi connectivity index (χ2v) is 6.67. The Kier molecular flexibility index (Phi) is 4.53. The molecule has 1 N–H and O–H groups in total. The Hall–Kier alpha value is -1.35. The van der Waals surface area contributed by atoms with E-state index >= 15 is 0 Å². The third-order valence-electron chi connectivity index (χ3n) is 4.75. The van der Waals surface area contributed by atoms with E-state index in [1.807, 2.05) is 24.3 Å². The van der Waals surface area contributed by atoms with Gasteiger partial charge in [-0.2, -0.15) is 0 Å². The Morgan fingerprint density at radius 1 is 1.09 bits per heavy atom. The Labute approximate surface area is 137 Å². The first-order valence-corrected chi connectivity index (χ1v) is 8.17. The van der Waals surface area contributed by atoms with Crippen LogP contribution in [0.3, 0.4) is 0 Å². The second-order valence-electron chi connectivity index (χ2n) is 6.24. The molecule has 1 aliphatic carbocycles. The van der Waals surface area contributed by atoms with Gasteiger partial charge in [0, 0.05) is 23.5 Å². The lowest BCUT2D eigenvalue weighted by Crippen LogP contribution is -2.29. The highest BCUT2D eigenvalue weighted by molar-refractivity contribution is 6.30. The fourth-order valence-electron chi connectivity index (χ4n) is 3.54. The number of benzene rings is 2. The first-order valence-electron chi connectivity index (χ1n) is 7.79. The van der Waals surface area contributed by atoms with Crippen molar-refractivity contribution in [2.75, 3.05) is 13.6 Å². The van der Waals surface area contributed by atoms with Crippen LogP contribution in [0.1, 0.15) is 35.8 Å². The number of halogens is 1. The topological polar surface area (TPSA) is 23.5 Å². The minimum atomic E-state index is -0.406. The summed E-state index contributed by atoms with van der Waals surface area (Å²) in [5.41, 5.74) is 3.53. The Morgan fingerprint density at radius 3 is 2.55 bits per heavy atom. The zero-order chi connectivity index (χ0) is 15.7. The van der Waals surface area contributed by atoms with Gasteiger partial charge in [-0.3, -0.25) is 4.90 Å². The van der Waals surface area contributed by atoms with Crippen LogP contribution in [0.2, 0.25) is 5.02 Å². The van der Waals surface area contributed by atoms with Gasteiger partial charge in [0.25, 0.3) is 0 Å². The van der Waals surface area contributed by atoms with Gasteiger partial charge in [0.1, 0.15) is 0 Å². The molecule has 3 heteroatoms. The summed E-state index contributed by atoms with van der Waals surface area (Å²) in [6.07, 6.45) is 0.600. The van der Waals surface area contributed by atoms with Crippen LogP contribution in [0.4, 0.5) is 0 Å². The summed E-state index contributed by atoms with van der Waals surface area (Å²) in [6.45, 7) is 3.07. The van der Waals surface area contributed by atoms with Crippen molar-refractivity contribution >= 4 is 11.6 Å². The lowest BCUT2D eigenvalue weighted by Gasteiger charge is -2.29. The van der Waals surface area contributed by atoms with E-state index in [9.17, 15) is 5.11 Å². The van der Waals surface area contributed by atoms with Gasteiger partial charge in [0.15, 0.2) is 0 Å². The van der Waals surface area contributed by atoms with Crippen molar-refractivity contribution in [3.63, 3.8) is 0 Å². The number of fused-ring (bicyclic) bond motifs is 1. The molecule has 3 unspecified atom stereocenters. The van der Waals surface area contributed by atoms with E-state index in [2.05, 4.69) is 43.1 Å². The van der Waals surface area contributed by atoms with E-state index in [4.69, 9.17) is 11.6 Å². The fraction of sp³-hybridized carbons (Fsp3) is 0.368. The molecule has 0 radical (unpaired) electrons. The summed E-state index contributed by atoms with van der Waals surface area (Å²) < 4.78 is 0. The lowest BCUT2D eigenvalue weighted by atomic mass is 9.99. The first-order chi connectivity index (χ1) is 10.6. The van der Waals surface area contributed by atoms with Gasteiger partial charge < -0.3 is 5.11 Å². The predicted molar refractivity (Wildman–Crippen MR) is 91.1 cm³/mol. The SMILES string of the molecule is CC1C(O)c2ccc(Cl)cc2C1N(C)CCc1ccccc1. The number of rotatable bonds is 4. The van der Waals surface area contributed by atoms with Gasteiger partial charge in [-0.05, 0) is 42.3 Å². The zero-order valence-corrected chi connectivity index (χ0v) is 13.8. The number of hydrogen-bond donors (Lipinski definition) is 1. The number of nitrogens with zero attached hydrogens (tertiary/aromatic N) is 1. The molecule has 0 fully saturated rings. The molecular weight excluding hydrogens is 294 g/mol. The molecule has 116 valence electrons. The number of likely N-dealkylation sites (N-methyl/N-ethyl adjacent to an activating group) is 1. The second kappa shape index (κ2) is 6.41. The average Bonchev–Trinajstić information content (AvgIpc) is 2.77. The third kappa shape index (κ3) is 2.91. The zero-order valence-electron chi connectivity index (χ0n) is 13.0. The molecule has 0 saturated carbocycles. The summed E-state index contributed by atoms with van der Waals surface area (Å²) in [5.74, 6) is 0.175. The largest absolute Gasteiger partial charge is 0.388 e. The van der Waals surface area contributed by atoms with E-state index in [1.165, 1.54) is 11.1 Å². The summed E-state index contributed by atoms with van der Waals surface area (Å²) >= 11 is 6.16. The Balaban J connectivity index is 1.78. The molecule has 0 bridgehead atoms. The average molecular weight is 316 g/mol. The predicted octanol–water partition coefficient (Wildman–Crippen LogP) is 4.24. The summed E-state index contributed by atoms with van der Waals surface area (Å²) in [7, 11) is 2.13. The molecule has 0 aromatic heterocycles. The summed E-state index contributed by atoms with van der Waals surface area (Å²) in [4.78, 5) is 2.34. The molecule has 0 spiro atoms. The lowest BCUT2D eigenvalue weighted by molar-refractivity contribution is 0.0786. The maximum atomic E-state index is 10.5. The molecule has 2 aromatic rings. The smallest absolute Gasteiger partial charge is 0.0837 e. The van der Waals surface area contributed by atoms with Crippen molar-refractivity contribution in [1.29, 1.82) is 0 Å². The quantitative estimate of drug-likeness (QED) is 0.912. The molecule has 0 heterocycles. The van der Waals surface area contributed by atoms with Gasteiger partial charge in [-0.15, -0.1) is 0 Å².